The summed E-state index contributed by atoms with van der Waals surface area (Å²) in [6.07, 6.45) is 1.70. The molecule has 3 rings (SSSR count). The third-order valence-electron chi connectivity index (χ3n) is 4.09. The van der Waals surface area contributed by atoms with Gasteiger partial charge in [0.25, 0.3) is 17.7 Å². The van der Waals surface area contributed by atoms with Crippen LogP contribution in [0.4, 0.5) is 0 Å². The van der Waals surface area contributed by atoms with Crippen molar-refractivity contribution >= 4 is 63.7 Å². The molecule has 0 atom stereocenters. The molecular formula is C21H18ClN3O4S2. The molecule has 1 aliphatic heterocycles. The van der Waals surface area contributed by atoms with Crippen LogP contribution in [0, 0.1) is 0 Å². The second kappa shape index (κ2) is 10.4. The average Bonchev–Trinajstić information content (AvgIpc) is 3.01. The normalized spacial score (nSPS) is 14.6. The molecule has 0 unspecified atom stereocenters. The lowest BCUT2D eigenvalue weighted by Gasteiger charge is -2.14. The van der Waals surface area contributed by atoms with Gasteiger partial charge in [0.1, 0.15) is 16.6 Å². The molecule has 7 nitrogen and oxygen atoms in total. The number of rotatable bonds is 6. The fourth-order valence-corrected chi connectivity index (χ4v) is 3.98. The van der Waals surface area contributed by atoms with E-state index in [0.717, 1.165) is 23.1 Å². The van der Waals surface area contributed by atoms with Crippen LogP contribution in [-0.2, 0) is 9.59 Å². The van der Waals surface area contributed by atoms with E-state index >= 15 is 0 Å². The van der Waals surface area contributed by atoms with Crippen LogP contribution in [0.3, 0.4) is 0 Å². The van der Waals surface area contributed by atoms with Crippen LogP contribution < -0.4 is 15.6 Å². The Morgan fingerprint density at radius 3 is 2.45 bits per heavy atom. The predicted molar refractivity (Wildman–Crippen MR) is 125 cm³/mol. The van der Waals surface area contributed by atoms with Crippen LogP contribution in [0.1, 0.15) is 22.8 Å². The van der Waals surface area contributed by atoms with Crippen molar-refractivity contribution in [2.45, 2.75) is 6.92 Å². The molecule has 0 spiro atoms. The van der Waals surface area contributed by atoms with Crippen molar-refractivity contribution < 1.29 is 19.1 Å². The van der Waals surface area contributed by atoms with Crippen LogP contribution in [0.5, 0.6) is 5.75 Å². The molecule has 2 aromatic rings. The lowest BCUT2D eigenvalue weighted by molar-refractivity contribution is -0.129. The Morgan fingerprint density at radius 1 is 1.13 bits per heavy atom. The Morgan fingerprint density at radius 2 is 1.81 bits per heavy atom. The van der Waals surface area contributed by atoms with E-state index in [1.165, 1.54) is 17.0 Å². The molecular weight excluding hydrogens is 458 g/mol. The molecule has 0 saturated carbocycles. The lowest BCUT2D eigenvalue weighted by atomic mass is 10.2. The molecule has 10 heteroatoms. The first kappa shape index (κ1) is 22.8. The minimum atomic E-state index is -0.582. The second-order valence-corrected chi connectivity index (χ2v) is 8.39. The van der Waals surface area contributed by atoms with E-state index in [2.05, 4.69) is 10.9 Å². The molecule has 1 saturated heterocycles. The molecule has 2 aromatic carbocycles. The van der Waals surface area contributed by atoms with Crippen molar-refractivity contribution in [2.75, 3.05) is 13.2 Å². The summed E-state index contributed by atoms with van der Waals surface area (Å²) in [7, 11) is 0. The zero-order valence-corrected chi connectivity index (χ0v) is 18.8. The smallest absolute Gasteiger partial charge is 0.269 e. The van der Waals surface area contributed by atoms with Gasteiger partial charge >= 0.3 is 0 Å². The summed E-state index contributed by atoms with van der Waals surface area (Å²) in [6, 6.07) is 13.5. The SMILES string of the molecule is CCOc1ccc(/C=C2/SC(=S)N(CC(=O)NNC(=O)c3ccc(Cl)cc3)C2=O)cc1. The van der Waals surface area contributed by atoms with Crippen LogP contribution in [0.2, 0.25) is 5.02 Å². The molecule has 1 heterocycles. The highest BCUT2D eigenvalue weighted by molar-refractivity contribution is 8.26. The van der Waals surface area contributed by atoms with E-state index in [1.807, 2.05) is 31.2 Å². The summed E-state index contributed by atoms with van der Waals surface area (Å²) in [5.41, 5.74) is 5.71. The van der Waals surface area contributed by atoms with E-state index in [1.54, 1.807) is 18.2 Å². The molecule has 31 heavy (non-hydrogen) atoms. The maximum Gasteiger partial charge on any atom is 0.269 e. The van der Waals surface area contributed by atoms with Crippen LogP contribution in [0.25, 0.3) is 6.08 Å². The maximum atomic E-state index is 12.7. The maximum absolute atomic E-state index is 12.7. The summed E-state index contributed by atoms with van der Waals surface area (Å²) in [6.45, 7) is 2.16. The fourth-order valence-electron chi connectivity index (χ4n) is 2.60. The van der Waals surface area contributed by atoms with Gasteiger partial charge in [0.15, 0.2) is 0 Å². The number of carbonyl (C=O) groups is 3. The number of carbonyl (C=O) groups excluding carboxylic acids is 3. The Labute approximate surface area is 193 Å². The minimum absolute atomic E-state index is 0.265. The molecule has 3 amide bonds. The number of hydrazine groups is 1. The molecule has 0 aromatic heterocycles. The van der Waals surface area contributed by atoms with Gasteiger partial charge in [-0.1, -0.05) is 47.7 Å². The zero-order valence-electron chi connectivity index (χ0n) is 16.4. The van der Waals surface area contributed by atoms with Gasteiger partial charge in [0.2, 0.25) is 0 Å². The van der Waals surface area contributed by atoms with Gasteiger partial charge < -0.3 is 4.74 Å². The Balaban J connectivity index is 1.57. The Bertz CT molecular complexity index is 1040. The number of hydrogen-bond donors (Lipinski definition) is 2. The fraction of sp³-hybridized carbons (Fsp3) is 0.143. The number of thiocarbonyl (C=S) groups is 1. The molecule has 0 aliphatic carbocycles. The predicted octanol–water partition coefficient (Wildman–Crippen LogP) is 3.40. The van der Waals surface area contributed by atoms with Gasteiger partial charge in [-0.05, 0) is 55.0 Å². The molecule has 1 aliphatic rings. The topological polar surface area (TPSA) is 87.7 Å². The first-order valence-electron chi connectivity index (χ1n) is 9.20. The monoisotopic (exact) mass is 475 g/mol. The van der Waals surface area contributed by atoms with E-state index in [9.17, 15) is 14.4 Å². The van der Waals surface area contributed by atoms with Crippen molar-refractivity contribution in [3.63, 3.8) is 0 Å². The van der Waals surface area contributed by atoms with Crippen molar-refractivity contribution in [1.29, 1.82) is 0 Å². The highest BCUT2D eigenvalue weighted by Gasteiger charge is 2.33. The van der Waals surface area contributed by atoms with E-state index in [-0.39, 0.29) is 16.8 Å². The zero-order chi connectivity index (χ0) is 22.4. The summed E-state index contributed by atoms with van der Waals surface area (Å²) in [4.78, 5) is 38.5. The largest absolute Gasteiger partial charge is 0.494 e. The molecule has 0 radical (unpaired) electrons. The number of nitrogens with zero attached hydrogens (tertiary/aromatic N) is 1. The van der Waals surface area contributed by atoms with Crippen molar-refractivity contribution in [3.8, 4) is 5.75 Å². The quantitative estimate of drug-likeness (QED) is 0.378. The minimum Gasteiger partial charge on any atom is -0.494 e. The number of amides is 3. The van der Waals surface area contributed by atoms with Crippen LogP contribution in [-0.4, -0.2) is 40.1 Å². The van der Waals surface area contributed by atoms with E-state index in [4.69, 9.17) is 28.6 Å². The number of benzene rings is 2. The number of hydrogen-bond acceptors (Lipinski definition) is 6. The van der Waals surface area contributed by atoms with Gasteiger partial charge in [-0.2, -0.15) is 0 Å². The molecule has 160 valence electrons. The van der Waals surface area contributed by atoms with Crippen molar-refractivity contribution in [2.24, 2.45) is 0 Å². The standard InChI is InChI=1S/C21H18ClN3O4S2/c1-2-29-16-9-3-13(4-10-16)11-17-20(28)25(21(30)31-17)12-18(26)23-24-19(27)14-5-7-15(22)8-6-14/h3-11H,2,12H2,1H3,(H,23,26)(H,24,27)/b17-11+. The highest BCUT2D eigenvalue weighted by atomic mass is 35.5. The van der Waals surface area contributed by atoms with Gasteiger partial charge in [0, 0.05) is 10.6 Å². The van der Waals surface area contributed by atoms with Crippen LogP contribution >= 0.6 is 35.6 Å². The van der Waals surface area contributed by atoms with Gasteiger partial charge in [-0.25, -0.2) is 0 Å². The lowest BCUT2D eigenvalue weighted by Crippen LogP contribution is -2.47. The number of ether oxygens (including phenoxy) is 1. The number of nitrogens with one attached hydrogen (secondary N) is 2. The third-order valence-corrected chi connectivity index (χ3v) is 5.72. The average molecular weight is 476 g/mol. The van der Waals surface area contributed by atoms with Gasteiger partial charge in [-0.15, -0.1) is 0 Å². The first-order chi connectivity index (χ1) is 14.9. The molecule has 0 bridgehead atoms. The van der Waals surface area contributed by atoms with Crippen LogP contribution in [0.15, 0.2) is 53.4 Å². The van der Waals surface area contributed by atoms with Gasteiger partial charge in [-0.3, -0.25) is 30.1 Å². The second-order valence-electron chi connectivity index (χ2n) is 6.28. The summed E-state index contributed by atoms with van der Waals surface area (Å²) in [5.74, 6) is -0.723. The first-order valence-corrected chi connectivity index (χ1v) is 10.8. The summed E-state index contributed by atoms with van der Waals surface area (Å²) >= 11 is 12.1. The summed E-state index contributed by atoms with van der Waals surface area (Å²) in [5, 5.41) is 0.494. The summed E-state index contributed by atoms with van der Waals surface area (Å²) < 4.78 is 5.67. The van der Waals surface area contributed by atoms with Gasteiger partial charge in [0.05, 0.1) is 11.5 Å². The van der Waals surface area contributed by atoms with E-state index < -0.39 is 11.8 Å². The van der Waals surface area contributed by atoms with Crippen molar-refractivity contribution in [3.05, 3.63) is 69.6 Å². The molecule has 1 fully saturated rings. The molecule has 2 N–H and O–H groups in total. The Hall–Kier alpha value is -2.88. The van der Waals surface area contributed by atoms with Crippen molar-refractivity contribution in [1.82, 2.24) is 15.8 Å². The van der Waals surface area contributed by atoms with E-state index in [0.29, 0.717) is 22.1 Å². The highest BCUT2D eigenvalue weighted by Crippen LogP contribution is 2.32. The number of halogens is 1. The number of thioether (sulfide) groups is 1. The Kier molecular flexibility index (Phi) is 7.67. The third kappa shape index (κ3) is 6.06.